The van der Waals surface area contributed by atoms with Crippen molar-refractivity contribution in [1.82, 2.24) is 20.2 Å². The molecule has 1 amide bonds. The molecule has 1 atom stereocenters. The van der Waals surface area contributed by atoms with Crippen LogP contribution in [0.25, 0.3) is 11.4 Å². The van der Waals surface area contributed by atoms with Gasteiger partial charge in [-0.1, -0.05) is 18.2 Å². The number of anilines is 1. The van der Waals surface area contributed by atoms with Crippen LogP contribution in [0.2, 0.25) is 0 Å². The summed E-state index contributed by atoms with van der Waals surface area (Å²) in [6, 6.07) is 13.6. The lowest BCUT2D eigenvalue weighted by Gasteiger charge is -2.10. The quantitative estimate of drug-likeness (QED) is 0.790. The van der Waals surface area contributed by atoms with Crippen LogP contribution in [0.3, 0.4) is 0 Å². The Hall–Kier alpha value is -3.60. The molecule has 7 nitrogen and oxygen atoms in total. The smallest absolute Gasteiger partial charge is 0.250 e. The minimum absolute atomic E-state index is 0.227. The predicted molar refractivity (Wildman–Crippen MR) is 87.7 cm³/mol. The summed E-state index contributed by atoms with van der Waals surface area (Å²) in [7, 11) is 0. The average Bonchev–Trinajstić information content (AvgIpc) is 3.11. The molecule has 0 unspecified atom stereocenters. The van der Waals surface area contributed by atoms with Crippen LogP contribution >= 0.6 is 0 Å². The van der Waals surface area contributed by atoms with Crippen LogP contribution in [0.15, 0.2) is 48.5 Å². The molecule has 1 aromatic heterocycles. The van der Waals surface area contributed by atoms with E-state index in [4.69, 9.17) is 5.26 Å². The van der Waals surface area contributed by atoms with Crippen LogP contribution in [0.5, 0.6) is 0 Å². The molecule has 0 saturated carbocycles. The van der Waals surface area contributed by atoms with Gasteiger partial charge in [-0.25, -0.2) is 4.39 Å². The monoisotopic (exact) mass is 336 g/mol. The van der Waals surface area contributed by atoms with Crippen LogP contribution in [0.1, 0.15) is 18.5 Å². The zero-order valence-corrected chi connectivity index (χ0v) is 13.2. The number of hydrogen-bond donors (Lipinski definition) is 1. The molecule has 0 bridgehead atoms. The number of halogens is 1. The molecule has 0 saturated heterocycles. The van der Waals surface area contributed by atoms with E-state index in [-0.39, 0.29) is 11.7 Å². The molecule has 124 valence electrons. The molecular formula is C17H13FN6O. The summed E-state index contributed by atoms with van der Waals surface area (Å²) in [4.78, 5) is 13.5. The molecule has 0 radical (unpaired) electrons. The summed E-state index contributed by atoms with van der Waals surface area (Å²) in [6.45, 7) is 1.61. The minimum atomic E-state index is -0.736. The van der Waals surface area contributed by atoms with Gasteiger partial charge in [-0.2, -0.15) is 10.1 Å². The summed E-state index contributed by atoms with van der Waals surface area (Å²) >= 11 is 0. The molecule has 2 aromatic carbocycles. The van der Waals surface area contributed by atoms with Crippen molar-refractivity contribution in [2.24, 2.45) is 0 Å². The van der Waals surface area contributed by atoms with E-state index in [0.717, 1.165) is 4.80 Å². The number of carbonyl (C=O) groups excluding carboxylic acids is 1. The maximum Gasteiger partial charge on any atom is 0.250 e. The van der Waals surface area contributed by atoms with E-state index in [9.17, 15) is 9.18 Å². The van der Waals surface area contributed by atoms with E-state index in [1.807, 2.05) is 6.07 Å². The zero-order chi connectivity index (χ0) is 17.8. The molecule has 0 fully saturated rings. The third-order valence-corrected chi connectivity index (χ3v) is 3.50. The average molecular weight is 336 g/mol. The standard InChI is InChI=1S/C17H13FN6O/c1-11(17(25)20-15-7-2-4-12(8-15)10-19)24-22-16(21-23-24)13-5-3-6-14(18)9-13/h2-9,11H,1H3,(H,20,25)/t11-/m0/s1. The van der Waals surface area contributed by atoms with E-state index in [1.165, 1.54) is 12.1 Å². The van der Waals surface area contributed by atoms with Crippen LogP contribution in [0.4, 0.5) is 10.1 Å². The molecule has 25 heavy (non-hydrogen) atoms. The maximum absolute atomic E-state index is 13.3. The summed E-state index contributed by atoms with van der Waals surface area (Å²) < 4.78 is 13.3. The fourth-order valence-electron chi connectivity index (χ4n) is 2.15. The summed E-state index contributed by atoms with van der Waals surface area (Å²) in [5, 5.41) is 23.4. The molecule has 0 aliphatic carbocycles. The first-order valence-electron chi connectivity index (χ1n) is 7.43. The third-order valence-electron chi connectivity index (χ3n) is 3.50. The van der Waals surface area contributed by atoms with Crippen molar-refractivity contribution in [3.8, 4) is 17.5 Å². The van der Waals surface area contributed by atoms with Crippen molar-refractivity contribution in [1.29, 1.82) is 5.26 Å². The second-order valence-corrected chi connectivity index (χ2v) is 5.30. The van der Waals surface area contributed by atoms with Gasteiger partial charge in [0.05, 0.1) is 11.6 Å². The van der Waals surface area contributed by atoms with Crippen LogP contribution in [0, 0.1) is 17.1 Å². The van der Waals surface area contributed by atoms with Gasteiger partial charge >= 0.3 is 0 Å². The predicted octanol–water partition coefficient (Wildman–Crippen LogP) is 2.55. The van der Waals surface area contributed by atoms with Gasteiger partial charge in [-0.3, -0.25) is 4.79 Å². The van der Waals surface area contributed by atoms with Gasteiger partial charge in [-0.05, 0) is 42.5 Å². The molecule has 0 spiro atoms. The number of nitrogens with zero attached hydrogens (tertiary/aromatic N) is 5. The summed E-state index contributed by atoms with van der Waals surface area (Å²) in [5.41, 5.74) is 1.42. The molecular weight excluding hydrogens is 323 g/mol. The molecule has 0 aliphatic heterocycles. The lowest BCUT2D eigenvalue weighted by Crippen LogP contribution is -2.25. The lowest BCUT2D eigenvalue weighted by molar-refractivity contribution is -0.119. The fraction of sp³-hybridized carbons (Fsp3) is 0.118. The number of amides is 1. The largest absolute Gasteiger partial charge is 0.324 e. The van der Waals surface area contributed by atoms with E-state index in [2.05, 4.69) is 20.7 Å². The lowest BCUT2D eigenvalue weighted by atomic mass is 10.2. The Morgan fingerprint density at radius 3 is 2.84 bits per heavy atom. The Kier molecular flexibility index (Phi) is 4.48. The van der Waals surface area contributed by atoms with Crippen molar-refractivity contribution < 1.29 is 9.18 Å². The van der Waals surface area contributed by atoms with Gasteiger partial charge in [0.25, 0.3) is 5.91 Å². The van der Waals surface area contributed by atoms with Gasteiger partial charge in [0.1, 0.15) is 11.9 Å². The Morgan fingerprint density at radius 2 is 2.08 bits per heavy atom. The zero-order valence-electron chi connectivity index (χ0n) is 13.2. The first kappa shape index (κ1) is 16.3. The first-order chi connectivity index (χ1) is 12.1. The highest BCUT2D eigenvalue weighted by atomic mass is 19.1. The number of carbonyl (C=O) groups is 1. The second kappa shape index (κ2) is 6.88. The van der Waals surface area contributed by atoms with Crippen molar-refractivity contribution in [2.75, 3.05) is 5.32 Å². The Balaban J connectivity index is 1.75. The molecule has 1 heterocycles. The van der Waals surface area contributed by atoms with E-state index >= 15 is 0 Å². The topological polar surface area (TPSA) is 96.5 Å². The molecule has 8 heteroatoms. The minimum Gasteiger partial charge on any atom is -0.324 e. The summed E-state index contributed by atoms with van der Waals surface area (Å²) in [6.07, 6.45) is 0. The van der Waals surface area contributed by atoms with Crippen LogP contribution in [-0.2, 0) is 4.79 Å². The van der Waals surface area contributed by atoms with Gasteiger partial charge in [-0.15, -0.1) is 10.2 Å². The van der Waals surface area contributed by atoms with E-state index in [0.29, 0.717) is 16.8 Å². The van der Waals surface area contributed by atoms with Gasteiger partial charge in [0.2, 0.25) is 5.82 Å². The maximum atomic E-state index is 13.3. The third kappa shape index (κ3) is 3.67. The summed E-state index contributed by atoms with van der Waals surface area (Å²) in [5.74, 6) is -0.541. The normalized spacial score (nSPS) is 11.6. The Bertz CT molecular complexity index is 962. The second-order valence-electron chi connectivity index (χ2n) is 5.30. The number of nitrogens with one attached hydrogen (secondary N) is 1. The van der Waals surface area contributed by atoms with E-state index in [1.54, 1.807) is 43.3 Å². The fourth-order valence-corrected chi connectivity index (χ4v) is 2.15. The first-order valence-corrected chi connectivity index (χ1v) is 7.43. The highest BCUT2D eigenvalue weighted by Crippen LogP contribution is 2.17. The number of hydrogen-bond acceptors (Lipinski definition) is 5. The van der Waals surface area contributed by atoms with E-state index < -0.39 is 11.9 Å². The molecule has 3 aromatic rings. The number of benzene rings is 2. The molecule has 3 rings (SSSR count). The van der Waals surface area contributed by atoms with Gasteiger partial charge in [0, 0.05) is 11.3 Å². The molecule has 0 aliphatic rings. The van der Waals surface area contributed by atoms with Crippen molar-refractivity contribution >= 4 is 11.6 Å². The highest BCUT2D eigenvalue weighted by Gasteiger charge is 2.19. The number of rotatable bonds is 4. The SMILES string of the molecule is C[C@@H](C(=O)Nc1cccc(C#N)c1)n1nnc(-c2cccc(F)c2)n1. The van der Waals surface area contributed by atoms with Crippen LogP contribution < -0.4 is 5.32 Å². The Morgan fingerprint density at radius 1 is 1.28 bits per heavy atom. The van der Waals surface area contributed by atoms with Crippen molar-refractivity contribution in [2.45, 2.75) is 13.0 Å². The number of nitriles is 1. The van der Waals surface area contributed by atoms with Gasteiger partial charge in [0.15, 0.2) is 0 Å². The number of tetrazole rings is 1. The van der Waals surface area contributed by atoms with Crippen LogP contribution in [-0.4, -0.2) is 26.1 Å². The van der Waals surface area contributed by atoms with Gasteiger partial charge < -0.3 is 5.32 Å². The van der Waals surface area contributed by atoms with Crippen molar-refractivity contribution in [3.63, 3.8) is 0 Å². The molecule has 1 N–H and O–H groups in total. The highest BCUT2D eigenvalue weighted by molar-refractivity contribution is 5.93. The Labute approximate surface area is 142 Å². The van der Waals surface area contributed by atoms with Crippen molar-refractivity contribution in [3.05, 3.63) is 59.9 Å². The number of aromatic nitrogens is 4.